The average molecular weight is 626 g/mol. The molecule has 1 atom stereocenters. The van der Waals surface area contributed by atoms with Crippen LogP contribution >= 0.6 is 43.6 Å². The van der Waals surface area contributed by atoms with Crippen molar-refractivity contribution in [2.45, 2.75) is 17.8 Å². The number of rotatable bonds is 7. The SMILES string of the molecule is OC(CSc1nnc(-c2ccco2)c(-c2ccco2)n1)Cn1c2ccc(Br)cc2c2cc(Br)ccc21. The van der Waals surface area contributed by atoms with Gasteiger partial charge < -0.3 is 18.5 Å². The standard InChI is InChI=1S/C26H18Br2N4O3S/c27-15-5-7-20-18(11-15)19-12-16(28)6-8-21(19)32(20)13-17(33)14-36-26-29-24(22-3-1-9-34-22)25(30-31-26)23-4-2-10-35-23/h1-12,17,33H,13-14H2. The largest absolute Gasteiger partial charge is 0.463 e. The summed E-state index contributed by atoms with van der Waals surface area (Å²) in [5.74, 6) is 1.53. The first kappa shape index (κ1) is 23.5. The molecule has 1 unspecified atom stereocenters. The Balaban J connectivity index is 1.26. The Morgan fingerprint density at radius 3 is 2.03 bits per heavy atom. The molecule has 180 valence electrons. The number of aliphatic hydroxyl groups excluding tert-OH is 1. The summed E-state index contributed by atoms with van der Waals surface area (Å²) in [6.07, 6.45) is 2.53. The van der Waals surface area contributed by atoms with Crippen LogP contribution in [-0.4, -0.2) is 36.7 Å². The van der Waals surface area contributed by atoms with E-state index in [4.69, 9.17) is 8.83 Å². The molecule has 0 spiro atoms. The summed E-state index contributed by atoms with van der Waals surface area (Å²) < 4.78 is 15.3. The van der Waals surface area contributed by atoms with Gasteiger partial charge in [0, 0.05) is 36.5 Å². The van der Waals surface area contributed by atoms with Gasteiger partial charge in [-0.05, 0) is 60.7 Å². The van der Waals surface area contributed by atoms with Crippen molar-refractivity contribution in [3.63, 3.8) is 0 Å². The molecular weight excluding hydrogens is 608 g/mol. The quantitative estimate of drug-likeness (QED) is 0.188. The van der Waals surface area contributed by atoms with Crippen LogP contribution in [0.3, 0.4) is 0 Å². The maximum Gasteiger partial charge on any atom is 0.209 e. The minimum absolute atomic E-state index is 0.396. The Morgan fingerprint density at radius 1 is 0.833 bits per heavy atom. The molecule has 4 aromatic heterocycles. The number of hydrogen-bond donors (Lipinski definition) is 1. The van der Waals surface area contributed by atoms with E-state index in [1.54, 1.807) is 30.7 Å². The van der Waals surface area contributed by atoms with E-state index < -0.39 is 6.10 Å². The highest BCUT2D eigenvalue weighted by atomic mass is 79.9. The van der Waals surface area contributed by atoms with Crippen LogP contribution in [0.2, 0.25) is 0 Å². The molecule has 0 bridgehead atoms. The summed E-state index contributed by atoms with van der Waals surface area (Å²) in [5.41, 5.74) is 3.18. The van der Waals surface area contributed by atoms with Gasteiger partial charge in [-0.25, -0.2) is 4.98 Å². The van der Waals surface area contributed by atoms with Crippen molar-refractivity contribution in [3.8, 4) is 22.9 Å². The summed E-state index contributed by atoms with van der Waals surface area (Å²) in [6.45, 7) is 0.430. The van der Waals surface area contributed by atoms with Crippen LogP contribution in [-0.2, 0) is 6.54 Å². The van der Waals surface area contributed by atoms with Gasteiger partial charge in [0.05, 0.1) is 25.2 Å². The number of benzene rings is 2. The third-order valence-electron chi connectivity index (χ3n) is 5.76. The van der Waals surface area contributed by atoms with E-state index in [-0.39, 0.29) is 0 Å². The Bertz CT molecular complexity index is 1610. The first-order chi connectivity index (χ1) is 17.6. The zero-order valence-corrected chi connectivity index (χ0v) is 22.6. The highest BCUT2D eigenvalue weighted by Crippen LogP contribution is 2.34. The van der Waals surface area contributed by atoms with Gasteiger partial charge in [-0.2, -0.15) is 0 Å². The van der Waals surface area contributed by atoms with Gasteiger partial charge in [0.1, 0.15) is 5.69 Å². The Labute approximate surface area is 226 Å². The molecule has 0 fully saturated rings. The van der Waals surface area contributed by atoms with Crippen LogP contribution in [0.15, 0.2) is 96.1 Å². The summed E-state index contributed by atoms with van der Waals surface area (Å²) in [5, 5.41) is 22.3. The lowest BCUT2D eigenvalue weighted by molar-refractivity contribution is 0.181. The van der Waals surface area contributed by atoms with Crippen LogP contribution in [0.1, 0.15) is 0 Å². The number of hydrogen-bond acceptors (Lipinski definition) is 7. The van der Waals surface area contributed by atoms with Crippen LogP contribution in [0, 0.1) is 0 Å². The summed E-state index contributed by atoms with van der Waals surface area (Å²) in [6, 6.07) is 19.6. The zero-order valence-electron chi connectivity index (χ0n) is 18.6. The molecule has 36 heavy (non-hydrogen) atoms. The second-order valence-electron chi connectivity index (χ2n) is 8.14. The number of aliphatic hydroxyl groups is 1. The van der Waals surface area contributed by atoms with Gasteiger partial charge in [0.15, 0.2) is 17.2 Å². The number of aromatic nitrogens is 4. The fraction of sp³-hybridized carbons (Fsp3) is 0.115. The Hall–Kier alpha value is -2.92. The first-order valence-corrected chi connectivity index (χ1v) is 13.6. The lowest BCUT2D eigenvalue weighted by Crippen LogP contribution is -2.18. The normalized spacial score (nSPS) is 12.5. The van der Waals surface area contributed by atoms with E-state index in [1.807, 2.05) is 18.2 Å². The molecule has 0 aliphatic carbocycles. The van der Waals surface area contributed by atoms with E-state index in [2.05, 4.69) is 75.9 Å². The Morgan fingerprint density at radius 2 is 1.44 bits per heavy atom. The van der Waals surface area contributed by atoms with Gasteiger partial charge in [0.2, 0.25) is 5.16 Å². The minimum atomic E-state index is -0.637. The van der Waals surface area contributed by atoms with Crippen LogP contribution < -0.4 is 0 Å². The minimum Gasteiger partial charge on any atom is -0.463 e. The third-order valence-corrected chi connectivity index (χ3v) is 7.73. The molecule has 4 heterocycles. The number of thioether (sulfide) groups is 1. The maximum absolute atomic E-state index is 11.0. The third kappa shape index (κ3) is 4.50. The topological polar surface area (TPSA) is 90.1 Å². The van der Waals surface area contributed by atoms with Crippen molar-refractivity contribution in [1.82, 2.24) is 19.7 Å². The summed E-state index contributed by atoms with van der Waals surface area (Å²) in [7, 11) is 0. The molecule has 2 aromatic carbocycles. The van der Waals surface area contributed by atoms with E-state index in [9.17, 15) is 5.11 Å². The molecule has 0 radical (unpaired) electrons. The monoisotopic (exact) mass is 624 g/mol. The molecule has 6 rings (SSSR count). The fourth-order valence-corrected chi connectivity index (χ4v) is 5.64. The molecule has 6 aromatic rings. The lowest BCUT2D eigenvalue weighted by Gasteiger charge is -2.14. The average Bonchev–Trinajstić information content (AvgIpc) is 3.65. The van der Waals surface area contributed by atoms with Gasteiger partial charge >= 0.3 is 0 Å². The molecule has 0 amide bonds. The van der Waals surface area contributed by atoms with E-state index in [0.29, 0.717) is 40.4 Å². The lowest BCUT2D eigenvalue weighted by atomic mass is 10.2. The number of halogens is 2. The molecular formula is C26H18Br2N4O3S. The van der Waals surface area contributed by atoms with Crippen molar-refractivity contribution in [2.24, 2.45) is 0 Å². The van der Waals surface area contributed by atoms with Crippen LogP contribution in [0.4, 0.5) is 0 Å². The maximum atomic E-state index is 11.0. The van der Waals surface area contributed by atoms with Crippen LogP contribution in [0.25, 0.3) is 44.7 Å². The van der Waals surface area contributed by atoms with Gasteiger partial charge in [-0.15, -0.1) is 10.2 Å². The van der Waals surface area contributed by atoms with Crippen molar-refractivity contribution in [3.05, 3.63) is 82.1 Å². The molecule has 10 heteroatoms. The highest BCUT2D eigenvalue weighted by Gasteiger charge is 2.19. The highest BCUT2D eigenvalue weighted by molar-refractivity contribution is 9.10. The smallest absolute Gasteiger partial charge is 0.209 e. The summed E-state index contributed by atoms with van der Waals surface area (Å²) >= 11 is 8.51. The Kier molecular flexibility index (Phi) is 6.43. The molecule has 0 saturated carbocycles. The number of fused-ring (bicyclic) bond motifs is 3. The van der Waals surface area contributed by atoms with Crippen LogP contribution in [0.5, 0.6) is 0 Å². The molecule has 0 aliphatic rings. The number of furan rings is 2. The van der Waals surface area contributed by atoms with Crippen molar-refractivity contribution in [2.75, 3.05) is 5.75 Å². The molecule has 0 saturated heterocycles. The van der Waals surface area contributed by atoms with Crippen molar-refractivity contribution < 1.29 is 13.9 Å². The first-order valence-electron chi connectivity index (χ1n) is 11.1. The zero-order chi connectivity index (χ0) is 24.6. The second kappa shape index (κ2) is 9.85. The van der Waals surface area contributed by atoms with Gasteiger partial charge in [0.25, 0.3) is 0 Å². The van der Waals surface area contributed by atoms with E-state index in [1.165, 1.54) is 11.8 Å². The molecule has 0 aliphatic heterocycles. The molecule has 7 nitrogen and oxygen atoms in total. The predicted octanol–water partition coefficient (Wildman–Crippen LogP) is 7.18. The van der Waals surface area contributed by atoms with Crippen molar-refractivity contribution in [1.29, 1.82) is 0 Å². The van der Waals surface area contributed by atoms with Gasteiger partial charge in [-0.3, -0.25) is 0 Å². The fourth-order valence-electron chi connectivity index (χ4n) is 4.22. The summed E-state index contributed by atoms with van der Waals surface area (Å²) in [4.78, 5) is 4.67. The molecule has 1 N–H and O–H groups in total. The second-order valence-corrected chi connectivity index (χ2v) is 11.0. The number of nitrogens with zero attached hydrogens (tertiary/aromatic N) is 4. The van der Waals surface area contributed by atoms with E-state index in [0.717, 1.165) is 30.8 Å². The van der Waals surface area contributed by atoms with Crippen molar-refractivity contribution >= 4 is 65.4 Å². The van der Waals surface area contributed by atoms with E-state index >= 15 is 0 Å². The van der Waals surface area contributed by atoms with Gasteiger partial charge in [-0.1, -0.05) is 43.6 Å². The predicted molar refractivity (Wildman–Crippen MR) is 147 cm³/mol.